The molecular formula is C5H4FNO2S. The molecule has 1 heterocycles. The third kappa shape index (κ3) is 1.58. The van der Waals surface area contributed by atoms with Crippen molar-refractivity contribution >= 4 is 11.1 Å². The van der Waals surface area contributed by atoms with E-state index in [1.165, 1.54) is 0 Å². The van der Waals surface area contributed by atoms with E-state index < -0.39 is 16.9 Å². The SMILES string of the molecule is O=S(O)c1cc(F)ccn1. The normalized spacial score (nSPS) is 13.0. The standard InChI is InChI=1S/C5H4FNO2S/c6-4-1-2-7-5(3-4)10(8)9/h1-3H,(H,8,9). The summed E-state index contributed by atoms with van der Waals surface area (Å²) in [4.78, 5) is 3.45. The molecule has 0 radical (unpaired) electrons. The van der Waals surface area contributed by atoms with Crippen LogP contribution in [-0.2, 0) is 11.1 Å². The molecule has 0 aliphatic carbocycles. The lowest BCUT2D eigenvalue weighted by molar-refractivity contribution is 0.556. The van der Waals surface area contributed by atoms with E-state index in [9.17, 15) is 8.60 Å². The van der Waals surface area contributed by atoms with Crippen molar-refractivity contribution in [3.05, 3.63) is 24.1 Å². The molecule has 1 unspecified atom stereocenters. The van der Waals surface area contributed by atoms with Crippen LogP contribution in [0.25, 0.3) is 0 Å². The second kappa shape index (κ2) is 2.85. The van der Waals surface area contributed by atoms with Gasteiger partial charge in [0.1, 0.15) is 5.82 Å². The lowest BCUT2D eigenvalue weighted by Crippen LogP contribution is -1.92. The van der Waals surface area contributed by atoms with E-state index in [1.807, 2.05) is 0 Å². The van der Waals surface area contributed by atoms with Gasteiger partial charge in [-0.25, -0.2) is 13.6 Å². The van der Waals surface area contributed by atoms with Crippen LogP contribution in [0.3, 0.4) is 0 Å². The van der Waals surface area contributed by atoms with E-state index in [1.54, 1.807) is 0 Å². The number of aromatic nitrogens is 1. The maximum Gasteiger partial charge on any atom is 0.205 e. The molecule has 3 nitrogen and oxygen atoms in total. The fourth-order valence-corrected chi connectivity index (χ4v) is 0.845. The quantitative estimate of drug-likeness (QED) is 0.620. The van der Waals surface area contributed by atoms with Crippen LogP contribution in [0.1, 0.15) is 0 Å². The van der Waals surface area contributed by atoms with Gasteiger partial charge in [-0.05, 0) is 6.07 Å². The van der Waals surface area contributed by atoms with Crippen molar-refractivity contribution in [2.45, 2.75) is 5.03 Å². The smallest absolute Gasteiger partial charge is 0.205 e. The third-order valence-corrected chi connectivity index (χ3v) is 1.46. The molecular weight excluding hydrogens is 157 g/mol. The second-order valence-corrected chi connectivity index (χ2v) is 2.48. The van der Waals surface area contributed by atoms with Crippen LogP contribution in [-0.4, -0.2) is 13.7 Å². The van der Waals surface area contributed by atoms with E-state index in [2.05, 4.69) is 4.98 Å². The van der Waals surface area contributed by atoms with Gasteiger partial charge in [-0.3, -0.25) is 0 Å². The molecule has 1 aromatic heterocycles. The van der Waals surface area contributed by atoms with Crippen molar-refractivity contribution in [2.24, 2.45) is 0 Å². The molecule has 0 amide bonds. The fraction of sp³-hybridized carbons (Fsp3) is 0. The summed E-state index contributed by atoms with van der Waals surface area (Å²) in [6, 6.07) is 2.02. The Morgan fingerprint density at radius 1 is 1.70 bits per heavy atom. The van der Waals surface area contributed by atoms with Crippen LogP contribution in [0.4, 0.5) is 4.39 Å². The summed E-state index contributed by atoms with van der Waals surface area (Å²) in [7, 11) is 0. The molecule has 1 atom stereocenters. The number of nitrogens with zero attached hydrogens (tertiary/aromatic N) is 1. The first kappa shape index (κ1) is 7.30. The molecule has 10 heavy (non-hydrogen) atoms. The second-order valence-electron chi connectivity index (χ2n) is 1.56. The average Bonchev–Trinajstić information content (AvgIpc) is 1.88. The lowest BCUT2D eigenvalue weighted by atomic mass is 10.5. The maximum absolute atomic E-state index is 12.2. The number of halogens is 1. The summed E-state index contributed by atoms with van der Waals surface area (Å²) in [6.45, 7) is 0. The monoisotopic (exact) mass is 161 g/mol. The van der Waals surface area contributed by atoms with Crippen molar-refractivity contribution in [2.75, 3.05) is 0 Å². The average molecular weight is 161 g/mol. The molecule has 5 heteroatoms. The first-order valence-electron chi connectivity index (χ1n) is 2.42. The van der Waals surface area contributed by atoms with Gasteiger partial charge in [0.25, 0.3) is 0 Å². The van der Waals surface area contributed by atoms with Crippen molar-refractivity contribution in [1.29, 1.82) is 0 Å². The van der Waals surface area contributed by atoms with E-state index in [4.69, 9.17) is 4.55 Å². The number of hydrogen-bond acceptors (Lipinski definition) is 2. The number of hydrogen-bond donors (Lipinski definition) is 1. The van der Waals surface area contributed by atoms with Gasteiger partial charge in [0, 0.05) is 12.3 Å². The Labute approximate surface area is 59.2 Å². The number of pyridine rings is 1. The molecule has 1 rings (SSSR count). The zero-order valence-corrected chi connectivity index (χ0v) is 5.64. The van der Waals surface area contributed by atoms with Gasteiger partial charge in [-0.1, -0.05) is 0 Å². The first-order chi connectivity index (χ1) is 4.70. The summed E-state index contributed by atoms with van der Waals surface area (Å²) in [5.41, 5.74) is 0. The van der Waals surface area contributed by atoms with Gasteiger partial charge < -0.3 is 4.55 Å². The highest BCUT2D eigenvalue weighted by Gasteiger charge is 2.00. The van der Waals surface area contributed by atoms with Crippen molar-refractivity contribution in [1.82, 2.24) is 4.98 Å². The van der Waals surface area contributed by atoms with Gasteiger partial charge >= 0.3 is 0 Å². The van der Waals surface area contributed by atoms with Gasteiger partial charge in [0.2, 0.25) is 11.1 Å². The summed E-state index contributed by atoms with van der Waals surface area (Å²) in [5, 5.41) is -0.167. The molecule has 0 saturated carbocycles. The highest BCUT2D eigenvalue weighted by Crippen LogP contribution is 2.01. The van der Waals surface area contributed by atoms with E-state index >= 15 is 0 Å². The van der Waals surface area contributed by atoms with Gasteiger partial charge in [0.05, 0.1) is 0 Å². The molecule has 54 valence electrons. The van der Waals surface area contributed by atoms with Crippen molar-refractivity contribution in [3.8, 4) is 0 Å². The minimum Gasteiger partial charge on any atom is -0.301 e. The summed E-state index contributed by atoms with van der Waals surface area (Å²) < 4.78 is 30.9. The Morgan fingerprint density at radius 2 is 2.40 bits per heavy atom. The largest absolute Gasteiger partial charge is 0.301 e. The molecule has 0 fully saturated rings. The van der Waals surface area contributed by atoms with Crippen LogP contribution in [0.15, 0.2) is 23.4 Å². The maximum atomic E-state index is 12.2. The highest BCUT2D eigenvalue weighted by atomic mass is 32.2. The first-order valence-corrected chi connectivity index (χ1v) is 3.53. The molecule has 0 spiro atoms. The predicted molar refractivity (Wildman–Crippen MR) is 33.2 cm³/mol. The zero-order valence-electron chi connectivity index (χ0n) is 4.82. The van der Waals surface area contributed by atoms with Crippen LogP contribution < -0.4 is 0 Å². The predicted octanol–water partition coefficient (Wildman–Crippen LogP) is 0.801. The summed E-state index contributed by atoms with van der Waals surface area (Å²) >= 11 is -2.19. The lowest BCUT2D eigenvalue weighted by Gasteiger charge is -1.90. The minimum absolute atomic E-state index is 0.167. The molecule has 1 N–H and O–H groups in total. The van der Waals surface area contributed by atoms with Crippen molar-refractivity contribution in [3.63, 3.8) is 0 Å². The number of rotatable bonds is 1. The Bertz CT molecular complexity index is 266. The summed E-state index contributed by atoms with van der Waals surface area (Å²) in [6.07, 6.45) is 1.14. The highest BCUT2D eigenvalue weighted by molar-refractivity contribution is 7.79. The Kier molecular flexibility index (Phi) is 2.08. The molecule has 0 bridgehead atoms. The van der Waals surface area contributed by atoms with Crippen LogP contribution in [0.5, 0.6) is 0 Å². The topological polar surface area (TPSA) is 50.2 Å². The summed E-state index contributed by atoms with van der Waals surface area (Å²) in [5.74, 6) is -0.563. The zero-order chi connectivity index (χ0) is 7.56. The van der Waals surface area contributed by atoms with Gasteiger partial charge in [-0.15, -0.1) is 0 Å². The van der Waals surface area contributed by atoms with Crippen LogP contribution >= 0.6 is 0 Å². The van der Waals surface area contributed by atoms with E-state index in [-0.39, 0.29) is 5.03 Å². The van der Waals surface area contributed by atoms with Crippen LogP contribution in [0, 0.1) is 5.82 Å². The molecule has 0 aliphatic rings. The molecule has 0 aliphatic heterocycles. The van der Waals surface area contributed by atoms with E-state index in [0.29, 0.717) is 0 Å². The fourth-order valence-electron chi connectivity index (χ4n) is 0.481. The molecule has 0 saturated heterocycles. The van der Waals surface area contributed by atoms with Crippen molar-refractivity contribution < 1.29 is 13.2 Å². The van der Waals surface area contributed by atoms with Crippen LogP contribution in [0.2, 0.25) is 0 Å². The van der Waals surface area contributed by atoms with Gasteiger partial charge in [0.15, 0.2) is 5.03 Å². The van der Waals surface area contributed by atoms with E-state index in [0.717, 1.165) is 18.3 Å². The Morgan fingerprint density at radius 3 is 2.80 bits per heavy atom. The minimum atomic E-state index is -2.19. The Balaban J connectivity index is 3.07. The third-order valence-electron chi connectivity index (χ3n) is 0.876. The molecule has 1 aromatic rings. The Hall–Kier alpha value is -0.810. The molecule has 0 aromatic carbocycles. The van der Waals surface area contributed by atoms with Gasteiger partial charge in [-0.2, -0.15) is 0 Å².